The molecule has 1 atom stereocenters. The molecule has 0 saturated carbocycles. The topological polar surface area (TPSA) is 37.3 Å². The van der Waals surface area contributed by atoms with Crippen molar-refractivity contribution in [1.29, 1.82) is 0 Å². The molecule has 0 aliphatic carbocycles. The van der Waals surface area contributed by atoms with Crippen LogP contribution in [0.4, 0.5) is 8.78 Å². The molecule has 0 heterocycles. The van der Waals surface area contributed by atoms with Crippen LogP contribution in [0.15, 0.2) is 0 Å². The smallest absolute Gasteiger partial charge is 0.341 e. The van der Waals surface area contributed by atoms with Gasteiger partial charge in [-0.15, -0.1) is 0 Å². The second-order valence-corrected chi connectivity index (χ2v) is 0.960. The first-order valence-electron chi connectivity index (χ1n) is 1.61. The van der Waals surface area contributed by atoms with Gasteiger partial charge in [-0.25, -0.2) is 13.6 Å². The molecule has 7 heavy (non-hydrogen) atoms. The lowest BCUT2D eigenvalue weighted by atomic mass is 10.4. The summed E-state index contributed by atoms with van der Waals surface area (Å²) in [5.74, 6) is -1.75. The van der Waals surface area contributed by atoms with Crippen molar-refractivity contribution in [3.63, 3.8) is 0 Å². The molecule has 0 bridgehead atoms. The summed E-state index contributed by atoms with van der Waals surface area (Å²) in [6.07, 6.45) is -2.35. The van der Waals surface area contributed by atoms with Crippen molar-refractivity contribution in [3.8, 4) is 0 Å². The molecule has 0 aliphatic rings. The number of alkyl halides is 2. The fraction of sp³-hybridized carbons (Fsp3) is 0.667. The van der Waals surface area contributed by atoms with Gasteiger partial charge in [0.2, 0.25) is 6.17 Å². The third kappa shape index (κ3) is 2.08. The second-order valence-electron chi connectivity index (χ2n) is 0.960. The Kier molecular flexibility index (Phi) is 2.26. The third-order valence-corrected chi connectivity index (χ3v) is 0.403. The summed E-state index contributed by atoms with van der Waals surface area (Å²) < 4.78 is 22.2. The normalized spacial score (nSPS) is 13.4. The molecule has 0 aromatic carbocycles. The first-order chi connectivity index (χ1) is 3.18. The van der Waals surface area contributed by atoms with E-state index in [9.17, 15) is 13.6 Å². The van der Waals surface area contributed by atoms with E-state index in [1.54, 1.807) is 0 Å². The van der Waals surface area contributed by atoms with Crippen molar-refractivity contribution in [1.82, 2.24) is 0 Å². The van der Waals surface area contributed by atoms with Gasteiger partial charge in [-0.2, -0.15) is 0 Å². The minimum absolute atomic E-state index is 1.45. The Morgan fingerprint density at radius 1 is 1.86 bits per heavy atom. The van der Waals surface area contributed by atoms with E-state index < -0.39 is 18.8 Å². The van der Waals surface area contributed by atoms with Gasteiger partial charge in [0.05, 0.1) is 0 Å². The summed E-state index contributed by atoms with van der Waals surface area (Å²) in [6.45, 7) is -1.45. The van der Waals surface area contributed by atoms with Crippen LogP contribution < -0.4 is 0 Å². The second kappa shape index (κ2) is 2.49. The highest BCUT2D eigenvalue weighted by Crippen LogP contribution is 1.88. The highest BCUT2D eigenvalue weighted by Gasteiger charge is 2.13. The lowest BCUT2D eigenvalue weighted by Gasteiger charge is -1.89. The largest absolute Gasteiger partial charge is 0.479 e. The van der Waals surface area contributed by atoms with Gasteiger partial charge in [0.15, 0.2) is 0 Å². The Hall–Kier alpha value is -0.670. The Labute approximate surface area is 38.8 Å². The van der Waals surface area contributed by atoms with Crippen molar-refractivity contribution in [2.75, 3.05) is 6.67 Å². The molecule has 0 spiro atoms. The molecule has 0 fully saturated rings. The van der Waals surface area contributed by atoms with E-state index in [0.717, 1.165) is 0 Å². The molecule has 0 amide bonds. The fourth-order valence-electron chi connectivity index (χ4n) is 0.0660. The summed E-state index contributed by atoms with van der Waals surface area (Å²) in [6, 6.07) is 0. The monoisotopic (exact) mass is 110 g/mol. The summed E-state index contributed by atoms with van der Waals surface area (Å²) in [4.78, 5) is 9.32. The van der Waals surface area contributed by atoms with Crippen LogP contribution in [0.2, 0.25) is 0 Å². The number of hydrogen-bond acceptors (Lipinski definition) is 1. The molecule has 0 saturated heterocycles. The molecule has 42 valence electrons. The first kappa shape index (κ1) is 6.33. The van der Waals surface area contributed by atoms with E-state index in [4.69, 9.17) is 5.11 Å². The van der Waals surface area contributed by atoms with Gasteiger partial charge in [-0.3, -0.25) is 0 Å². The predicted molar refractivity (Wildman–Crippen MR) is 18.5 cm³/mol. The van der Waals surface area contributed by atoms with Crippen molar-refractivity contribution in [2.24, 2.45) is 0 Å². The SMILES string of the molecule is O=C(O)[C@H](F)CF. The van der Waals surface area contributed by atoms with Crippen LogP contribution in [-0.4, -0.2) is 23.9 Å². The van der Waals surface area contributed by atoms with Crippen LogP contribution >= 0.6 is 0 Å². The number of hydrogen-bond donors (Lipinski definition) is 1. The van der Waals surface area contributed by atoms with Crippen LogP contribution in [0.5, 0.6) is 0 Å². The molecule has 4 heteroatoms. The maximum absolute atomic E-state index is 11.3. The number of carboxylic acids is 1. The zero-order valence-electron chi connectivity index (χ0n) is 3.40. The van der Waals surface area contributed by atoms with Crippen LogP contribution in [0.3, 0.4) is 0 Å². The van der Waals surface area contributed by atoms with E-state index in [2.05, 4.69) is 0 Å². The van der Waals surface area contributed by atoms with Gasteiger partial charge in [0, 0.05) is 0 Å². The van der Waals surface area contributed by atoms with Crippen molar-refractivity contribution in [3.05, 3.63) is 0 Å². The summed E-state index contributed by atoms with van der Waals surface area (Å²) in [7, 11) is 0. The van der Waals surface area contributed by atoms with E-state index in [1.807, 2.05) is 0 Å². The minimum atomic E-state index is -2.35. The molecule has 0 aliphatic heterocycles. The zero-order valence-corrected chi connectivity index (χ0v) is 3.40. The number of halogens is 2. The van der Waals surface area contributed by atoms with E-state index >= 15 is 0 Å². The lowest BCUT2D eigenvalue weighted by Crippen LogP contribution is -2.15. The number of aliphatic carboxylic acids is 1. The lowest BCUT2D eigenvalue weighted by molar-refractivity contribution is -0.143. The molecule has 0 rings (SSSR count). The molecule has 0 aromatic heterocycles. The summed E-state index contributed by atoms with van der Waals surface area (Å²) in [5, 5.41) is 7.57. The van der Waals surface area contributed by atoms with Crippen LogP contribution in [0.25, 0.3) is 0 Å². The minimum Gasteiger partial charge on any atom is -0.479 e. The molecule has 0 aromatic rings. The van der Waals surface area contributed by atoms with Gasteiger partial charge >= 0.3 is 5.97 Å². The van der Waals surface area contributed by atoms with E-state index in [1.165, 1.54) is 0 Å². The summed E-state index contributed by atoms with van der Waals surface area (Å²) in [5.41, 5.74) is 0. The first-order valence-corrected chi connectivity index (χ1v) is 1.61. The summed E-state index contributed by atoms with van der Waals surface area (Å²) >= 11 is 0. The molecular formula is C3H4F2O2. The van der Waals surface area contributed by atoms with Crippen LogP contribution in [0.1, 0.15) is 0 Å². The predicted octanol–water partition coefficient (Wildman–Crippen LogP) is 0.379. The van der Waals surface area contributed by atoms with E-state index in [-0.39, 0.29) is 0 Å². The highest BCUT2D eigenvalue weighted by atomic mass is 19.2. The maximum Gasteiger partial charge on any atom is 0.341 e. The molecule has 1 N–H and O–H groups in total. The highest BCUT2D eigenvalue weighted by molar-refractivity contribution is 5.72. The van der Waals surface area contributed by atoms with Crippen molar-refractivity contribution < 1.29 is 18.7 Å². The third-order valence-electron chi connectivity index (χ3n) is 0.403. The van der Waals surface area contributed by atoms with E-state index in [0.29, 0.717) is 0 Å². The average Bonchev–Trinajstić information content (AvgIpc) is 1.65. The number of carbonyl (C=O) groups is 1. The average molecular weight is 110 g/mol. The Balaban J connectivity index is 3.34. The van der Waals surface area contributed by atoms with Gasteiger partial charge in [-0.1, -0.05) is 0 Å². The van der Waals surface area contributed by atoms with Gasteiger partial charge in [-0.05, 0) is 0 Å². The maximum atomic E-state index is 11.3. The van der Waals surface area contributed by atoms with Gasteiger partial charge in [0.1, 0.15) is 6.67 Å². The van der Waals surface area contributed by atoms with Gasteiger partial charge < -0.3 is 5.11 Å². The number of rotatable bonds is 2. The zero-order chi connectivity index (χ0) is 5.86. The van der Waals surface area contributed by atoms with Gasteiger partial charge in [0.25, 0.3) is 0 Å². The molecular weight excluding hydrogens is 106 g/mol. The van der Waals surface area contributed by atoms with Crippen LogP contribution in [0, 0.1) is 0 Å². The Bertz CT molecular complexity index is 73.3. The van der Waals surface area contributed by atoms with Crippen LogP contribution in [-0.2, 0) is 4.79 Å². The molecule has 2 nitrogen and oxygen atoms in total. The quantitative estimate of drug-likeness (QED) is 0.557. The fourth-order valence-corrected chi connectivity index (χ4v) is 0.0660. The molecule has 0 radical (unpaired) electrons. The Morgan fingerprint density at radius 3 is 2.29 bits per heavy atom. The van der Waals surface area contributed by atoms with Crippen molar-refractivity contribution in [2.45, 2.75) is 6.17 Å². The standard InChI is InChI=1S/C3H4F2O2/c4-1-2(5)3(6)7/h2H,1H2,(H,6,7)/t2-/m1/s1. The number of carboxylic acid groups (broad SMARTS) is 1. The van der Waals surface area contributed by atoms with Crippen molar-refractivity contribution >= 4 is 5.97 Å². The molecule has 0 unspecified atom stereocenters. The Morgan fingerprint density at radius 2 is 2.29 bits per heavy atom.